The van der Waals surface area contributed by atoms with Crippen LogP contribution in [0.4, 0.5) is 11.4 Å². The molecule has 0 radical (unpaired) electrons. The lowest BCUT2D eigenvalue weighted by atomic mass is 9.99. The summed E-state index contributed by atoms with van der Waals surface area (Å²) in [5, 5.41) is 4.03. The minimum absolute atomic E-state index is 0.0949. The molecule has 142 valence electrons. The molecule has 1 aliphatic heterocycles. The van der Waals surface area contributed by atoms with Gasteiger partial charge in [0, 0.05) is 24.2 Å². The fourth-order valence-corrected chi connectivity index (χ4v) is 3.98. The van der Waals surface area contributed by atoms with Crippen molar-refractivity contribution in [2.24, 2.45) is 5.16 Å². The number of anilines is 2. The summed E-state index contributed by atoms with van der Waals surface area (Å²) < 4.78 is 29.9. The first kappa shape index (κ1) is 18.3. The predicted octanol–water partition coefficient (Wildman–Crippen LogP) is 4.65. The zero-order chi connectivity index (χ0) is 19.6. The fourth-order valence-electron chi connectivity index (χ4n) is 3.24. The lowest BCUT2D eigenvalue weighted by molar-refractivity contribution is 0.338. The van der Waals surface area contributed by atoms with E-state index in [0.717, 1.165) is 22.5 Å². The molecule has 0 N–H and O–H groups in total. The lowest BCUT2D eigenvalue weighted by Gasteiger charge is -2.31. The van der Waals surface area contributed by atoms with Crippen LogP contribution in [0.3, 0.4) is 0 Å². The Kier molecular flexibility index (Phi) is 4.88. The van der Waals surface area contributed by atoms with Crippen molar-refractivity contribution in [2.45, 2.75) is 18.2 Å². The minimum Gasteiger partial charge on any atom is -0.341 e. The Morgan fingerprint density at radius 3 is 2.32 bits per heavy atom. The highest BCUT2D eigenvalue weighted by atomic mass is 32.2. The lowest BCUT2D eigenvalue weighted by Crippen LogP contribution is -2.28. The van der Waals surface area contributed by atoms with E-state index >= 15 is 0 Å². The molecular weight excluding hydrogens is 372 g/mol. The molecule has 28 heavy (non-hydrogen) atoms. The van der Waals surface area contributed by atoms with Crippen molar-refractivity contribution in [2.75, 3.05) is 11.4 Å². The molecule has 0 spiro atoms. The molecule has 3 aromatic rings. The maximum absolute atomic E-state index is 12.4. The predicted molar refractivity (Wildman–Crippen MR) is 110 cm³/mol. The number of hydrogen-bond acceptors (Lipinski definition) is 5. The number of aryl methyl sites for hydroxylation is 1. The number of fused-ring (bicyclic) bond motifs is 1. The zero-order valence-corrected chi connectivity index (χ0v) is 16.3. The van der Waals surface area contributed by atoms with Gasteiger partial charge in [-0.1, -0.05) is 59.3 Å². The summed E-state index contributed by atoms with van der Waals surface area (Å²) in [6.07, 6.45) is 0.579. The first-order valence-electron chi connectivity index (χ1n) is 9.04. The fraction of sp³-hybridized carbons (Fsp3) is 0.136. The Hall–Kier alpha value is -3.12. The molecule has 0 aliphatic carbocycles. The average Bonchev–Trinajstić information content (AvgIpc) is 2.73. The quantitative estimate of drug-likeness (QED) is 0.607. The Morgan fingerprint density at radius 1 is 0.893 bits per heavy atom. The molecule has 0 aromatic heterocycles. The van der Waals surface area contributed by atoms with E-state index in [1.165, 1.54) is 12.1 Å². The first-order valence-corrected chi connectivity index (χ1v) is 10.4. The second kappa shape index (κ2) is 7.48. The van der Waals surface area contributed by atoms with E-state index in [4.69, 9.17) is 4.28 Å². The topological polar surface area (TPSA) is 59.0 Å². The van der Waals surface area contributed by atoms with Crippen molar-refractivity contribution in [3.63, 3.8) is 0 Å². The summed E-state index contributed by atoms with van der Waals surface area (Å²) >= 11 is 0. The molecule has 1 aliphatic rings. The van der Waals surface area contributed by atoms with E-state index in [-0.39, 0.29) is 4.90 Å². The molecule has 1 heterocycles. The van der Waals surface area contributed by atoms with E-state index in [1.807, 2.05) is 49.4 Å². The zero-order valence-electron chi connectivity index (χ0n) is 15.4. The normalized spacial score (nSPS) is 15.3. The van der Waals surface area contributed by atoms with Crippen molar-refractivity contribution >= 4 is 27.2 Å². The van der Waals surface area contributed by atoms with Gasteiger partial charge in [-0.3, -0.25) is 4.28 Å². The highest BCUT2D eigenvalue weighted by Gasteiger charge is 2.24. The molecule has 0 fully saturated rings. The summed E-state index contributed by atoms with van der Waals surface area (Å²) in [6.45, 7) is 2.59. The third kappa shape index (κ3) is 3.64. The van der Waals surface area contributed by atoms with Gasteiger partial charge in [0.25, 0.3) is 0 Å². The molecule has 4 rings (SSSR count). The summed E-state index contributed by atoms with van der Waals surface area (Å²) in [5.74, 6) is 0. The van der Waals surface area contributed by atoms with Crippen molar-refractivity contribution in [3.05, 3.63) is 90.0 Å². The Morgan fingerprint density at radius 2 is 1.57 bits per heavy atom. The maximum atomic E-state index is 12.4. The SMILES string of the molecule is Cc1ccc(S(=O)(=O)O/N=C2/CCN(c3ccccc3)c3ccccc32)cc1. The van der Waals surface area contributed by atoms with Crippen molar-refractivity contribution in [1.82, 2.24) is 0 Å². The molecule has 0 saturated carbocycles. The van der Waals surface area contributed by atoms with Gasteiger partial charge in [0.2, 0.25) is 0 Å². The second-order valence-electron chi connectivity index (χ2n) is 6.63. The average molecular weight is 392 g/mol. The second-order valence-corrected chi connectivity index (χ2v) is 8.16. The van der Waals surface area contributed by atoms with E-state index in [9.17, 15) is 8.42 Å². The van der Waals surface area contributed by atoms with Gasteiger partial charge in [-0.05, 0) is 37.3 Å². The summed E-state index contributed by atoms with van der Waals surface area (Å²) in [7, 11) is -3.95. The summed E-state index contributed by atoms with van der Waals surface area (Å²) in [6, 6.07) is 24.4. The number of hydrogen-bond donors (Lipinski definition) is 0. The highest BCUT2D eigenvalue weighted by molar-refractivity contribution is 7.86. The first-order chi connectivity index (χ1) is 13.5. The van der Waals surface area contributed by atoms with Gasteiger partial charge in [0.1, 0.15) is 4.90 Å². The third-order valence-corrected chi connectivity index (χ3v) is 5.82. The maximum Gasteiger partial charge on any atom is 0.358 e. The number of rotatable bonds is 4. The largest absolute Gasteiger partial charge is 0.358 e. The van der Waals surface area contributed by atoms with Gasteiger partial charge in [0.05, 0.1) is 11.4 Å². The standard InChI is InChI=1S/C22H20N2O3S/c1-17-11-13-19(14-12-17)28(25,26)27-23-21-15-16-24(18-7-3-2-4-8-18)22-10-6-5-9-20(21)22/h2-14H,15-16H2,1H3/b23-21-. The number of oxime groups is 1. The van der Waals surface area contributed by atoms with Crippen LogP contribution in [0.2, 0.25) is 0 Å². The van der Waals surface area contributed by atoms with E-state index in [2.05, 4.69) is 22.2 Å². The minimum atomic E-state index is -3.95. The number of benzene rings is 3. The van der Waals surface area contributed by atoms with Gasteiger partial charge in [-0.2, -0.15) is 8.42 Å². The molecule has 0 atom stereocenters. The van der Waals surface area contributed by atoms with Crippen molar-refractivity contribution in [3.8, 4) is 0 Å². The van der Waals surface area contributed by atoms with Gasteiger partial charge in [-0.25, -0.2) is 0 Å². The van der Waals surface area contributed by atoms with Gasteiger partial charge in [-0.15, -0.1) is 0 Å². The van der Waals surface area contributed by atoms with E-state index in [1.54, 1.807) is 12.1 Å². The Balaban J connectivity index is 1.64. The molecule has 3 aromatic carbocycles. The van der Waals surface area contributed by atoms with E-state index in [0.29, 0.717) is 18.7 Å². The van der Waals surface area contributed by atoms with Crippen LogP contribution in [0.1, 0.15) is 17.5 Å². The van der Waals surface area contributed by atoms with Crippen LogP contribution >= 0.6 is 0 Å². The smallest absolute Gasteiger partial charge is 0.341 e. The van der Waals surface area contributed by atoms with Gasteiger partial charge < -0.3 is 4.90 Å². The summed E-state index contributed by atoms with van der Waals surface area (Å²) in [4.78, 5) is 2.29. The molecule has 0 amide bonds. The molecule has 5 nitrogen and oxygen atoms in total. The van der Waals surface area contributed by atoms with Crippen LogP contribution in [0, 0.1) is 6.92 Å². The van der Waals surface area contributed by atoms with Crippen molar-refractivity contribution < 1.29 is 12.7 Å². The van der Waals surface area contributed by atoms with E-state index < -0.39 is 10.1 Å². The Bertz CT molecular complexity index is 1110. The number of para-hydroxylation sites is 2. The monoisotopic (exact) mass is 392 g/mol. The van der Waals surface area contributed by atoms with Crippen LogP contribution in [0.25, 0.3) is 0 Å². The Labute approximate surface area is 165 Å². The van der Waals surface area contributed by atoms with Crippen LogP contribution in [0.5, 0.6) is 0 Å². The molecule has 0 bridgehead atoms. The molecule has 6 heteroatoms. The van der Waals surface area contributed by atoms with Crippen LogP contribution < -0.4 is 4.90 Å². The van der Waals surface area contributed by atoms with Crippen LogP contribution in [-0.2, 0) is 14.4 Å². The summed E-state index contributed by atoms with van der Waals surface area (Å²) in [5.41, 5.74) is 4.54. The molecular formula is C22H20N2O3S. The van der Waals surface area contributed by atoms with Gasteiger partial charge >= 0.3 is 10.1 Å². The number of nitrogens with zero attached hydrogens (tertiary/aromatic N) is 2. The van der Waals surface area contributed by atoms with Crippen molar-refractivity contribution in [1.29, 1.82) is 0 Å². The third-order valence-electron chi connectivity index (χ3n) is 4.70. The van der Waals surface area contributed by atoms with Crippen LogP contribution in [-0.4, -0.2) is 20.7 Å². The molecule has 0 unspecified atom stereocenters. The van der Waals surface area contributed by atoms with Gasteiger partial charge in [0.15, 0.2) is 0 Å². The van der Waals surface area contributed by atoms with Crippen LogP contribution in [0.15, 0.2) is 88.9 Å². The highest BCUT2D eigenvalue weighted by Crippen LogP contribution is 2.33. The molecule has 0 saturated heterocycles.